The van der Waals surface area contributed by atoms with Crippen molar-refractivity contribution in [1.29, 1.82) is 0 Å². The molecule has 0 N–H and O–H groups in total. The highest BCUT2D eigenvalue weighted by Gasteiger charge is 2.70. The monoisotopic (exact) mass is 313 g/mol. The van der Waals surface area contributed by atoms with Crippen LogP contribution in [0.15, 0.2) is 12.7 Å². The summed E-state index contributed by atoms with van der Waals surface area (Å²) in [5.41, 5.74) is -0.248. The van der Waals surface area contributed by atoms with Crippen LogP contribution in [0.25, 0.3) is 0 Å². The molecule has 4 bridgehead atoms. The summed E-state index contributed by atoms with van der Waals surface area (Å²) in [7, 11) is 1.38. The first-order chi connectivity index (χ1) is 8.56. The van der Waals surface area contributed by atoms with Gasteiger partial charge in [-0.25, -0.2) is 4.79 Å². The van der Waals surface area contributed by atoms with Gasteiger partial charge in [0.05, 0.1) is 19.1 Å². The maximum Gasteiger partial charge on any atom is 0.409 e. The van der Waals surface area contributed by atoms with Crippen LogP contribution in [0.3, 0.4) is 0 Å². The second-order valence-corrected chi connectivity index (χ2v) is 6.50. The van der Waals surface area contributed by atoms with E-state index in [1.165, 1.54) is 7.11 Å². The van der Waals surface area contributed by atoms with Crippen LogP contribution in [0.2, 0.25) is 0 Å². The van der Waals surface area contributed by atoms with E-state index in [1.807, 2.05) is 6.08 Å². The Hall–Kier alpha value is -0.840. The van der Waals surface area contributed by atoms with Crippen LogP contribution in [0, 0.1) is 17.3 Å². The van der Waals surface area contributed by atoms with Gasteiger partial charge in [0.2, 0.25) is 0 Å². The molecule has 0 aromatic rings. The van der Waals surface area contributed by atoms with Crippen molar-refractivity contribution in [2.24, 2.45) is 17.3 Å². The van der Waals surface area contributed by atoms with E-state index in [0.29, 0.717) is 18.9 Å². The first-order valence-corrected chi connectivity index (χ1v) is 7.13. The topological polar surface area (TPSA) is 46.6 Å². The molecule has 1 saturated heterocycles. The van der Waals surface area contributed by atoms with E-state index in [9.17, 15) is 9.59 Å². The summed E-state index contributed by atoms with van der Waals surface area (Å²) in [5.74, 6) is 0.574. The zero-order chi connectivity index (χ0) is 13.1. The van der Waals surface area contributed by atoms with Crippen LogP contribution in [0.1, 0.15) is 12.8 Å². The number of hydrogen-bond donors (Lipinski definition) is 0. The van der Waals surface area contributed by atoms with Crippen LogP contribution in [0.4, 0.5) is 4.79 Å². The lowest BCUT2D eigenvalue weighted by Gasteiger charge is -2.41. The lowest BCUT2D eigenvalue weighted by Crippen LogP contribution is -2.48. The molecule has 1 aliphatic heterocycles. The molecule has 2 aliphatic carbocycles. The van der Waals surface area contributed by atoms with Crippen molar-refractivity contribution in [3.8, 4) is 0 Å². The van der Waals surface area contributed by atoms with Crippen LogP contribution in [-0.2, 0) is 9.53 Å². The molecule has 5 unspecified atom stereocenters. The molecule has 98 valence electrons. The second-order valence-electron chi connectivity index (χ2n) is 5.44. The Morgan fingerprint density at radius 1 is 1.67 bits per heavy atom. The number of Topliss-reactive ketones (excluding diaryl/α,β-unsaturated/α-hetero) is 1. The smallest absolute Gasteiger partial charge is 0.409 e. The number of rotatable bonds is 1. The molecular weight excluding hydrogens is 298 g/mol. The van der Waals surface area contributed by atoms with Crippen LogP contribution in [0.5, 0.6) is 0 Å². The summed E-state index contributed by atoms with van der Waals surface area (Å²) in [6.07, 6.45) is 3.07. The standard InChI is InChI=1S/C13H16BrNO3/c1-3-13-6-15(12(17)18-2)11-9(13)8(16)5-4-7(13)10(11)14/h3,7,9-11H,1,4-6H2,2H3. The molecule has 3 fully saturated rings. The van der Waals surface area contributed by atoms with E-state index in [0.717, 1.165) is 6.42 Å². The number of hydrogen-bond acceptors (Lipinski definition) is 3. The number of carbonyl (C=O) groups is 2. The Labute approximate surface area is 114 Å². The number of carbonyl (C=O) groups excluding carboxylic acids is 2. The largest absolute Gasteiger partial charge is 0.453 e. The van der Waals surface area contributed by atoms with E-state index in [1.54, 1.807) is 4.90 Å². The van der Waals surface area contributed by atoms with E-state index < -0.39 is 0 Å². The average molecular weight is 314 g/mol. The van der Waals surface area contributed by atoms with Crippen LogP contribution in [-0.4, -0.2) is 41.3 Å². The number of methoxy groups -OCH3 is 1. The minimum Gasteiger partial charge on any atom is -0.453 e. The van der Waals surface area contributed by atoms with Gasteiger partial charge < -0.3 is 9.64 Å². The van der Waals surface area contributed by atoms with E-state index in [4.69, 9.17) is 4.74 Å². The molecule has 3 aliphatic rings. The first kappa shape index (κ1) is 12.2. The zero-order valence-corrected chi connectivity index (χ0v) is 11.9. The Morgan fingerprint density at radius 2 is 2.39 bits per heavy atom. The third-order valence-corrected chi connectivity index (χ3v) is 6.14. The normalized spacial score (nSPS) is 45.2. The summed E-state index contributed by atoms with van der Waals surface area (Å²) in [6, 6.07) is -0.0737. The molecule has 0 radical (unpaired) electrons. The number of nitrogens with zero attached hydrogens (tertiary/aromatic N) is 1. The van der Waals surface area contributed by atoms with Crippen molar-refractivity contribution in [2.45, 2.75) is 23.7 Å². The summed E-state index contributed by atoms with van der Waals surface area (Å²) in [6.45, 7) is 4.50. The number of alkyl halides is 1. The molecule has 0 aromatic carbocycles. The molecule has 1 heterocycles. The van der Waals surface area contributed by atoms with E-state index >= 15 is 0 Å². The summed E-state index contributed by atoms with van der Waals surface area (Å²) in [4.78, 5) is 25.9. The predicted octanol–water partition coefficient (Wildman–Crippen LogP) is 1.98. The zero-order valence-electron chi connectivity index (χ0n) is 10.3. The summed E-state index contributed by atoms with van der Waals surface area (Å²) in [5, 5.41) is 0. The molecule has 5 heteroatoms. The van der Waals surface area contributed by atoms with Crippen molar-refractivity contribution in [3.63, 3.8) is 0 Å². The number of likely N-dealkylation sites (tertiary alicyclic amines) is 1. The van der Waals surface area contributed by atoms with Crippen LogP contribution >= 0.6 is 15.9 Å². The van der Waals surface area contributed by atoms with Gasteiger partial charge in [-0.1, -0.05) is 22.0 Å². The molecule has 18 heavy (non-hydrogen) atoms. The highest BCUT2D eigenvalue weighted by molar-refractivity contribution is 9.09. The SMILES string of the molecule is C=CC12CN(C(=O)OC)C3C(Br)C1CCC(=O)C32. The van der Waals surface area contributed by atoms with Crippen molar-refractivity contribution in [3.05, 3.63) is 12.7 Å². The van der Waals surface area contributed by atoms with Gasteiger partial charge in [-0.05, 0) is 12.3 Å². The minimum absolute atomic E-state index is 0.0737. The molecule has 2 saturated carbocycles. The third-order valence-electron chi connectivity index (χ3n) is 4.96. The molecule has 1 amide bonds. The van der Waals surface area contributed by atoms with Crippen molar-refractivity contribution >= 4 is 27.8 Å². The van der Waals surface area contributed by atoms with Gasteiger partial charge in [0.25, 0.3) is 0 Å². The molecule has 4 nitrogen and oxygen atoms in total. The van der Waals surface area contributed by atoms with Crippen LogP contribution < -0.4 is 0 Å². The fourth-order valence-corrected chi connectivity index (χ4v) is 5.60. The summed E-state index contributed by atoms with van der Waals surface area (Å²) >= 11 is 3.69. The fraction of sp³-hybridized carbons (Fsp3) is 0.692. The van der Waals surface area contributed by atoms with Gasteiger partial charge in [-0.15, -0.1) is 6.58 Å². The fourth-order valence-electron chi connectivity index (χ4n) is 4.25. The van der Waals surface area contributed by atoms with Gasteiger partial charge in [-0.2, -0.15) is 0 Å². The number of amides is 1. The molecule has 5 atom stereocenters. The Bertz CT molecular complexity index is 438. The van der Waals surface area contributed by atoms with Crippen molar-refractivity contribution in [1.82, 2.24) is 4.90 Å². The molecule has 0 spiro atoms. The molecule has 3 rings (SSSR count). The quantitative estimate of drug-likeness (QED) is 0.549. The minimum atomic E-state index is -0.341. The highest BCUT2D eigenvalue weighted by Crippen LogP contribution is 2.63. The first-order valence-electron chi connectivity index (χ1n) is 6.22. The maximum absolute atomic E-state index is 12.2. The molecule has 0 aromatic heterocycles. The van der Waals surface area contributed by atoms with Gasteiger partial charge >= 0.3 is 6.09 Å². The van der Waals surface area contributed by atoms with Gasteiger partial charge in [0.15, 0.2) is 0 Å². The van der Waals surface area contributed by atoms with Crippen molar-refractivity contribution in [2.75, 3.05) is 13.7 Å². The number of piperidine rings is 1. The predicted molar refractivity (Wildman–Crippen MR) is 69.5 cm³/mol. The Kier molecular flexibility index (Phi) is 2.59. The van der Waals surface area contributed by atoms with Gasteiger partial charge in [0.1, 0.15) is 5.78 Å². The van der Waals surface area contributed by atoms with Gasteiger partial charge in [0, 0.05) is 23.2 Å². The number of ether oxygens (including phenoxy) is 1. The number of halogens is 1. The lowest BCUT2D eigenvalue weighted by molar-refractivity contribution is -0.127. The molecular formula is C13H16BrNO3. The summed E-state index contributed by atoms with van der Waals surface area (Å²) < 4.78 is 4.83. The lowest BCUT2D eigenvalue weighted by atomic mass is 9.66. The third kappa shape index (κ3) is 1.21. The maximum atomic E-state index is 12.2. The van der Waals surface area contributed by atoms with Crippen molar-refractivity contribution < 1.29 is 14.3 Å². The number of ketones is 1. The van der Waals surface area contributed by atoms with E-state index in [-0.39, 0.29) is 34.1 Å². The highest BCUT2D eigenvalue weighted by atomic mass is 79.9. The average Bonchev–Trinajstić information content (AvgIpc) is 2.81. The Morgan fingerprint density at radius 3 is 2.94 bits per heavy atom. The second kappa shape index (κ2) is 3.83. The van der Waals surface area contributed by atoms with E-state index in [2.05, 4.69) is 22.5 Å². The Balaban J connectivity index is 2.06. The van der Waals surface area contributed by atoms with Gasteiger partial charge in [-0.3, -0.25) is 4.79 Å².